The zero-order valence-corrected chi connectivity index (χ0v) is 16.2. The van der Waals surface area contributed by atoms with Crippen molar-refractivity contribution >= 4 is 17.3 Å². The van der Waals surface area contributed by atoms with Crippen LogP contribution in [-0.2, 0) is 0 Å². The monoisotopic (exact) mass is 367 g/mol. The fraction of sp³-hybridized carbons (Fsp3) is 0.455. The van der Waals surface area contributed by atoms with Crippen LogP contribution in [0.5, 0.6) is 5.75 Å². The Bertz CT molecular complexity index is 753. The lowest BCUT2D eigenvalue weighted by Gasteiger charge is -2.17. The van der Waals surface area contributed by atoms with E-state index in [0.29, 0.717) is 5.69 Å². The number of amides is 1. The highest BCUT2D eigenvalue weighted by Crippen LogP contribution is 2.28. The van der Waals surface area contributed by atoms with Gasteiger partial charge in [-0.15, -0.1) is 0 Å². The predicted octanol–water partition coefficient (Wildman–Crippen LogP) is 5.07. The summed E-state index contributed by atoms with van der Waals surface area (Å²) in [6.45, 7) is 4.00. The molecule has 2 N–H and O–H groups in total. The third-order valence-corrected chi connectivity index (χ3v) is 4.71. The van der Waals surface area contributed by atoms with Crippen LogP contribution in [0.15, 0.2) is 42.6 Å². The molecule has 0 bridgehead atoms. The lowest BCUT2D eigenvalue weighted by atomic mass is 10.1. The number of carbonyl (C=O) groups excluding carboxylic acids is 1. The van der Waals surface area contributed by atoms with Gasteiger partial charge in [0.15, 0.2) is 0 Å². The average Bonchev–Trinajstić information content (AvgIpc) is 2.92. The highest BCUT2D eigenvalue weighted by molar-refractivity contribution is 5.93. The molecule has 1 aliphatic rings. The van der Waals surface area contributed by atoms with E-state index in [-0.39, 0.29) is 18.1 Å². The zero-order chi connectivity index (χ0) is 19.1. The molecule has 1 saturated carbocycles. The Hall–Kier alpha value is -2.56. The molecule has 0 unspecified atom stereocenters. The normalized spacial score (nSPS) is 15.2. The molecule has 0 radical (unpaired) electrons. The molecule has 1 heterocycles. The predicted molar refractivity (Wildman–Crippen MR) is 109 cm³/mol. The molecule has 0 aliphatic heterocycles. The van der Waals surface area contributed by atoms with Crippen molar-refractivity contribution in [1.29, 1.82) is 0 Å². The van der Waals surface area contributed by atoms with E-state index in [4.69, 9.17) is 4.74 Å². The van der Waals surface area contributed by atoms with E-state index >= 15 is 0 Å². The third kappa shape index (κ3) is 5.71. The molecular formula is C22H29N3O2. The summed E-state index contributed by atoms with van der Waals surface area (Å²) in [4.78, 5) is 16.9. The number of rotatable bonds is 6. The molecule has 5 heteroatoms. The lowest BCUT2D eigenvalue weighted by Crippen LogP contribution is -2.34. The van der Waals surface area contributed by atoms with Crippen LogP contribution in [0.2, 0.25) is 0 Å². The first-order chi connectivity index (χ1) is 13.1. The van der Waals surface area contributed by atoms with Crippen LogP contribution in [-0.4, -0.2) is 23.0 Å². The molecule has 0 spiro atoms. The molecule has 0 saturated heterocycles. The molecule has 1 amide bonds. The minimum Gasteiger partial charge on any atom is -0.489 e. The van der Waals surface area contributed by atoms with Gasteiger partial charge in [0.2, 0.25) is 0 Å². The van der Waals surface area contributed by atoms with Crippen molar-refractivity contribution in [3.8, 4) is 5.75 Å². The van der Waals surface area contributed by atoms with E-state index in [0.717, 1.165) is 30.0 Å². The Morgan fingerprint density at radius 3 is 2.59 bits per heavy atom. The minimum atomic E-state index is -0.0998. The number of anilines is 2. The first-order valence-corrected chi connectivity index (χ1v) is 9.91. The molecular weight excluding hydrogens is 338 g/mol. The van der Waals surface area contributed by atoms with Gasteiger partial charge < -0.3 is 15.4 Å². The van der Waals surface area contributed by atoms with E-state index < -0.39 is 0 Å². The number of hydrogen-bond donors (Lipinski definition) is 2. The van der Waals surface area contributed by atoms with Crippen LogP contribution < -0.4 is 15.4 Å². The SMILES string of the molecule is CC(C)Oc1ccccc1Nc1ccnc(C(=O)NC2CCCCCC2)c1. The van der Waals surface area contributed by atoms with Gasteiger partial charge in [0, 0.05) is 17.9 Å². The molecule has 2 aromatic rings. The van der Waals surface area contributed by atoms with Gasteiger partial charge in [-0.25, -0.2) is 0 Å². The van der Waals surface area contributed by atoms with Gasteiger partial charge in [0.05, 0.1) is 11.8 Å². The topological polar surface area (TPSA) is 63.2 Å². The van der Waals surface area contributed by atoms with Gasteiger partial charge in [-0.1, -0.05) is 37.8 Å². The molecule has 1 fully saturated rings. The maximum atomic E-state index is 12.6. The molecule has 1 aromatic carbocycles. The standard InChI is InChI=1S/C22H29N3O2/c1-16(2)27-21-12-8-7-11-19(21)24-18-13-14-23-20(15-18)22(26)25-17-9-5-3-4-6-10-17/h7-8,11-17H,3-6,9-10H2,1-2H3,(H,23,24)(H,25,26). The second kappa shape index (κ2) is 9.40. The van der Waals surface area contributed by atoms with Crippen LogP contribution in [0, 0.1) is 0 Å². The summed E-state index contributed by atoms with van der Waals surface area (Å²) in [5.41, 5.74) is 2.12. The Balaban J connectivity index is 1.69. The fourth-order valence-corrected chi connectivity index (χ4v) is 3.40. The number of hydrogen-bond acceptors (Lipinski definition) is 4. The molecule has 144 valence electrons. The summed E-state index contributed by atoms with van der Waals surface area (Å²) < 4.78 is 5.85. The van der Waals surface area contributed by atoms with Crippen molar-refractivity contribution in [3.63, 3.8) is 0 Å². The average molecular weight is 367 g/mol. The highest BCUT2D eigenvalue weighted by atomic mass is 16.5. The van der Waals surface area contributed by atoms with Crippen molar-refractivity contribution in [3.05, 3.63) is 48.3 Å². The maximum Gasteiger partial charge on any atom is 0.270 e. The molecule has 1 aliphatic carbocycles. The molecule has 5 nitrogen and oxygen atoms in total. The van der Waals surface area contributed by atoms with Gasteiger partial charge in [0.25, 0.3) is 5.91 Å². The summed E-state index contributed by atoms with van der Waals surface area (Å²) in [7, 11) is 0. The quantitative estimate of drug-likeness (QED) is 0.700. The van der Waals surface area contributed by atoms with Gasteiger partial charge in [0.1, 0.15) is 11.4 Å². The number of ether oxygens (including phenoxy) is 1. The molecule has 3 rings (SSSR count). The summed E-state index contributed by atoms with van der Waals surface area (Å²) in [6, 6.07) is 11.7. The van der Waals surface area contributed by atoms with Gasteiger partial charge in [-0.3, -0.25) is 9.78 Å². The Kier molecular flexibility index (Phi) is 6.69. The zero-order valence-electron chi connectivity index (χ0n) is 16.2. The summed E-state index contributed by atoms with van der Waals surface area (Å²) in [6.07, 6.45) is 8.78. The molecule has 0 atom stereocenters. The minimum absolute atomic E-state index is 0.0892. The number of nitrogens with zero attached hydrogens (tertiary/aromatic N) is 1. The van der Waals surface area contributed by atoms with Gasteiger partial charge in [-0.2, -0.15) is 0 Å². The first-order valence-electron chi connectivity index (χ1n) is 9.91. The molecule has 1 aromatic heterocycles. The van der Waals surface area contributed by atoms with Crippen LogP contribution in [0.3, 0.4) is 0 Å². The van der Waals surface area contributed by atoms with E-state index in [1.165, 1.54) is 25.7 Å². The summed E-state index contributed by atoms with van der Waals surface area (Å²) in [5.74, 6) is 0.686. The van der Waals surface area contributed by atoms with Crippen molar-refractivity contribution in [2.45, 2.75) is 64.5 Å². The number of para-hydroxylation sites is 2. The Morgan fingerprint density at radius 2 is 1.85 bits per heavy atom. The van der Waals surface area contributed by atoms with Crippen molar-refractivity contribution in [2.75, 3.05) is 5.32 Å². The second-order valence-corrected chi connectivity index (χ2v) is 7.38. The number of nitrogens with one attached hydrogen (secondary N) is 2. The second-order valence-electron chi connectivity index (χ2n) is 7.38. The number of carbonyl (C=O) groups is 1. The number of aromatic nitrogens is 1. The Labute approximate surface area is 161 Å². The third-order valence-electron chi connectivity index (χ3n) is 4.71. The summed E-state index contributed by atoms with van der Waals surface area (Å²) in [5, 5.41) is 6.49. The largest absolute Gasteiger partial charge is 0.489 e. The number of benzene rings is 1. The van der Waals surface area contributed by atoms with E-state index in [9.17, 15) is 4.79 Å². The first kappa shape index (κ1) is 19.2. The molecule has 27 heavy (non-hydrogen) atoms. The van der Waals surface area contributed by atoms with Crippen LogP contribution in [0.1, 0.15) is 62.9 Å². The van der Waals surface area contributed by atoms with E-state index in [1.54, 1.807) is 12.3 Å². The summed E-state index contributed by atoms with van der Waals surface area (Å²) >= 11 is 0. The smallest absolute Gasteiger partial charge is 0.270 e. The lowest BCUT2D eigenvalue weighted by molar-refractivity contribution is 0.0928. The van der Waals surface area contributed by atoms with Crippen molar-refractivity contribution < 1.29 is 9.53 Å². The van der Waals surface area contributed by atoms with Crippen molar-refractivity contribution in [1.82, 2.24) is 10.3 Å². The fourth-order valence-electron chi connectivity index (χ4n) is 3.40. The maximum absolute atomic E-state index is 12.6. The Morgan fingerprint density at radius 1 is 1.11 bits per heavy atom. The van der Waals surface area contributed by atoms with E-state index in [1.807, 2.05) is 44.2 Å². The van der Waals surface area contributed by atoms with Crippen LogP contribution in [0.25, 0.3) is 0 Å². The number of pyridine rings is 1. The van der Waals surface area contributed by atoms with Crippen LogP contribution >= 0.6 is 0 Å². The van der Waals surface area contributed by atoms with E-state index in [2.05, 4.69) is 15.6 Å². The van der Waals surface area contributed by atoms with Gasteiger partial charge >= 0.3 is 0 Å². The van der Waals surface area contributed by atoms with Gasteiger partial charge in [-0.05, 0) is 51.0 Å². The highest BCUT2D eigenvalue weighted by Gasteiger charge is 2.17. The van der Waals surface area contributed by atoms with Crippen LogP contribution in [0.4, 0.5) is 11.4 Å². The van der Waals surface area contributed by atoms with Crippen molar-refractivity contribution in [2.24, 2.45) is 0 Å².